The number of fused-ring (bicyclic) bond motifs is 2. The molecule has 6 nitrogen and oxygen atoms in total. The fourth-order valence-electron chi connectivity index (χ4n) is 6.11. The minimum Gasteiger partial charge on any atom is -0.462 e. The first kappa shape index (κ1) is 21.6. The lowest BCUT2D eigenvalue weighted by Gasteiger charge is -2.48. The predicted molar refractivity (Wildman–Crippen MR) is 122 cm³/mol. The summed E-state index contributed by atoms with van der Waals surface area (Å²) in [5.41, 5.74) is 7.97. The van der Waals surface area contributed by atoms with Crippen LogP contribution in [-0.2, 0) is 9.53 Å². The molecule has 5 rings (SSSR count). The van der Waals surface area contributed by atoms with Crippen LogP contribution in [0.15, 0.2) is 48.7 Å². The molecule has 0 spiro atoms. The summed E-state index contributed by atoms with van der Waals surface area (Å²) in [6, 6.07) is 9.91. The minimum absolute atomic E-state index is 0.127. The van der Waals surface area contributed by atoms with Crippen LogP contribution in [-0.4, -0.2) is 41.1 Å². The smallest absolute Gasteiger partial charge is 0.314 e. The minimum atomic E-state index is -0.396. The van der Waals surface area contributed by atoms with Crippen LogP contribution in [0.3, 0.4) is 0 Å². The average molecular weight is 450 g/mol. The van der Waals surface area contributed by atoms with Crippen molar-refractivity contribution < 1.29 is 18.7 Å². The van der Waals surface area contributed by atoms with Gasteiger partial charge in [0.25, 0.3) is 0 Å². The van der Waals surface area contributed by atoms with Crippen LogP contribution in [0.2, 0.25) is 0 Å². The van der Waals surface area contributed by atoms with E-state index in [9.17, 15) is 14.0 Å². The number of carbonyl (C=O) groups is 2. The summed E-state index contributed by atoms with van der Waals surface area (Å²) in [5, 5.41) is 0. The highest BCUT2D eigenvalue weighted by Crippen LogP contribution is 2.51. The Balaban J connectivity index is 1.39. The lowest BCUT2D eigenvalue weighted by molar-refractivity contribution is -0.144. The van der Waals surface area contributed by atoms with Crippen molar-refractivity contribution in [3.05, 3.63) is 60.2 Å². The van der Waals surface area contributed by atoms with E-state index in [-0.39, 0.29) is 41.6 Å². The van der Waals surface area contributed by atoms with E-state index in [1.807, 2.05) is 31.2 Å². The number of likely N-dealkylation sites (tertiary alicyclic amines) is 1. The summed E-state index contributed by atoms with van der Waals surface area (Å²) < 4.78 is 19.2. The van der Waals surface area contributed by atoms with Crippen LogP contribution in [0.4, 0.5) is 9.18 Å². The van der Waals surface area contributed by atoms with E-state index >= 15 is 0 Å². The number of ether oxygens (including phenoxy) is 1. The van der Waals surface area contributed by atoms with E-state index in [4.69, 9.17) is 10.5 Å². The van der Waals surface area contributed by atoms with Gasteiger partial charge < -0.3 is 15.4 Å². The number of piperidine rings is 1. The molecule has 2 saturated heterocycles. The van der Waals surface area contributed by atoms with Gasteiger partial charge in [0.05, 0.1) is 11.6 Å². The van der Waals surface area contributed by atoms with Crippen molar-refractivity contribution in [2.45, 2.75) is 25.9 Å². The molecule has 6 unspecified atom stereocenters. The Bertz CT molecular complexity index is 1090. The molecule has 2 amide bonds. The molecule has 0 bridgehead atoms. The molecule has 1 aromatic carbocycles. The predicted octanol–water partition coefficient (Wildman–Crippen LogP) is 4.12. The van der Waals surface area contributed by atoms with Gasteiger partial charge in [0.1, 0.15) is 11.9 Å². The third kappa shape index (κ3) is 4.12. The van der Waals surface area contributed by atoms with Crippen molar-refractivity contribution in [1.29, 1.82) is 0 Å². The maximum absolute atomic E-state index is 13.5. The summed E-state index contributed by atoms with van der Waals surface area (Å²) in [7, 11) is 0. The normalized spacial score (nSPS) is 31.2. The molecule has 1 aliphatic carbocycles. The first-order chi connectivity index (χ1) is 15.9. The van der Waals surface area contributed by atoms with Crippen LogP contribution in [0, 0.1) is 35.4 Å². The van der Waals surface area contributed by atoms with Gasteiger partial charge in [-0.1, -0.05) is 24.3 Å². The molecule has 1 aromatic heterocycles. The Labute approximate surface area is 192 Å². The zero-order valence-corrected chi connectivity index (χ0v) is 18.6. The molecule has 2 aliphatic heterocycles. The molecular formula is C26H28FN3O3. The number of carbonyl (C=O) groups excluding carboxylic acids is 2. The van der Waals surface area contributed by atoms with E-state index < -0.39 is 6.03 Å². The van der Waals surface area contributed by atoms with Gasteiger partial charge in [-0.2, -0.15) is 0 Å². The molecule has 6 atom stereocenters. The SMILES string of the molecule is CC1OC(=O)C2CC3CN(C(N)=O)CCC3C(/C=C/c3ccc(-c4cccc(F)c4)cn3)C12. The third-order valence-corrected chi connectivity index (χ3v) is 7.64. The van der Waals surface area contributed by atoms with Crippen molar-refractivity contribution in [3.8, 4) is 11.1 Å². The Morgan fingerprint density at radius 2 is 2.12 bits per heavy atom. The quantitative estimate of drug-likeness (QED) is 0.715. The summed E-state index contributed by atoms with van der Waals surface area (Å²) in [5.74, 6) is 0.328. The number of nitrogens with zero attached hydrogens (tertiary/aromatic N) is 2. The van der Waals surface area contributed by atoms with Crippen molar-refractivity contribution in [2.75, 3.05) is 13.1 Å². The topological polar surface area (TPSA) is 85.5 Å². The van der Waals surface area contributed by atoms with Crippen LogP contribution in [0.5, 0.6) is 0 Å². The maximum atomic E-state index is 13.5. The molecule has 0 radical (unpaired) electrons. The van der Waals surface area contributed by atoms with Gasteiger partial charge in [-0.3, -0.25) is 9.78 Å². The van der Waals surface area contributed by atoms with Gasteiger partial charge in [-0.25, -0.2) is 9.18 Å². The fourth-order valence-corrected chi connectivity index (χ4v) is 6.11. The summed E-state index contributed by atoms with van der Waals surface area (Å²) in [6.07, 6.45) is 7.41. The Kier molecular flexibility index (Phi) is 5.64. The number of pyridine rings is 1. The molecule has 172 valence electrons. The van der Waals surface area contributed by atoms with Crippen LogP contribution in [0.25, 0.3) is 17.2 Å². The number of primary amides is 1. The summed E-state index contributed by atoms with van der Waals surface area (Å²) in [6.45, 7) is 3.21. The highest BCUT2D eigenvalue weighted by Gasteiger charge is 2.54. The zero-order valence-electron chi connectivity index (χ0n) is 18.6. The molecule has 1 saturated carbocycles. The number of rotatable bonds is 3. The second kappa shape index (κ2) is 8.61. The van der Waals surface area contributed by atoms with Gasteiger partial charge in [-0.15, -0.1) is 0 Å². The average Bonchev–Trinajstić information content (AvgIpc) is 3.09. The lowest BCUT2D eigenvalue weighted by atomic mass is 9.59. The number of amides is 2. The monoisotopic (exact) mass is 449 g/mol. The van der Waals surface area contributed by atoms with E-state index in [2.05, 4.69) is 11.1 Å². The highest BCUT2D eigenvalue weighted by atomic mass is 19.1. The molecule has 33 heavy (non-hydrogen) atoms. The maximum Gasteiger partial charge on any atom is 0.314 e. The first-order valence-electron chi connectivity index (χ1n) is 11.6. The van der Waals surface area contributed by atoms with Gasteiger partial charge in [0.15, 0.2) is 0 Å². The number of nitrogens with two attached hydrogens (primary N) is 1. The number of cyclic esters (lactones) is 1. The fraction of sp³-hybridized carbons (Fsp3) is 0.423. The second-order valence-corrected chi connectivity index (χ2v) is 9.48. The number of allylic oxidation sites excluding steroid dienone is 1. The number of halogens is 1. The standard InChI is InChI=1S/C26H28FN3O3/c1-15-24-22(8-7-20-6-5-17(13-29-20)16-3-2-4-19(27)11-16)21-9-10-30(26(28)32)14-18(21)12-23(24)25(31)33-15/h2-8,11,13,15,18,21-24H,9-10,12,14H2,1H3,(H2,28,32)/b8-7+. The van der Waals surface area contributed by atoms with Gasteiger partial charge in [0, 0.05) is 30.8 Å². The van der Waals surface area contributed by atoms with Gasteiger partial charge in [-0.05, 0) is 67.4 Å². The lowest BCUT2D eigenvalue weighted by Crippen LogP contribution is -2.52. The number of benzene rings is 1. The van der Waals surface area contributed by atoms with E-state index in [0.29, 0.717) is 19.0 Å². The number of hydrogen-bond donors (Lipinski definition) is 1. The molecule has 3 heterocycles. The molecule has 2 N–H and O–H groups in total. The number of hydrogen-bond acceptors (Lipinski definition) is 4. The third-order valence-electron chi connectivity index (χ3n) is 7.64. The first-order valence-corrected chi connectivity index (χ1v) is 11.6. The highest BCUT2D eigenvalue weighted by molar-refractivity contribution is 5.76. The summed E-state index contributed by atoms with van der Waals surface area (Å²) >= 11 is 0. The van der Waals surface area contributed by atoms with Gasteiger partial charge in [0.2, 0.25) is 0 Å². The molecule has 3 aliphatic rings. The van der Waals surface area contributed by atoms with Crippen LogP contribution >= 0.6 is 0 Å². The van der Waals surface area contributed by atoms with Crippen LogP contribution < -0.4 is 5.73 Å². The molecule has 3 fully saturated rings. The molecule has 2 aromatic rings. The second-order valence-electron chi connectivity index (χ2n) is 9.48. The number of esters is 1. The van der Waals surface area contributed by atoms with E-state index in [1.54, 1.807) is 17.2 Å². The van der Waals surface area contributed by atoms with Crippen molar-refractivity contribution in [1.82, 2.24) is 9.88 Å². The Morgan fingerprint density at radius 3 is 2.85 bits per heavy atom. The summed E-state index contributed by atoms with van der Waals surface area (Å²) in [4.78, 5) is 30.5. The Hall–Kier alpha value is -3.22. The van der Waals surface area contributed by atoms with E-state index in [1.165, 1.54) is 12.1 Å². The van der Waals surface area contributed by atoms with E-state index in [0.717, 1.165) is 29.7 Å². The van der Waals surface area contributed by atoms with Crippen molar-refractivity contribution in [2.24, 2.45) is 35.3 Å². The van der Waals surface area contributed by atoms with Crippen molar-refractivity contribution >= 4 is 18.1 Å². The number of aromatic nitrogens is 1. The Morgan fingerprint density at radius 1 is 1.27 bits per heavy atom. The zero-order chi connectivity index (χ0) is 23.1. The molecular weight excluding hydrogens is 421 g/mol. The van der Waals surface area contributed by atoms with Gasteiger partial charge >= 0.3 is 12.0 Å². The number of urea groups is 1. The largest absolute Gasteiger partial charge is 0.462 e. The molecule has 7 heteroatoms. The van der Waals surface area contributed by atoms with Crippen LogP contribution in [0.1, 0.15) is 25.5 Å². The van der Waals surface area contributed by atoms with Crippen molar-refractivity contribution in [3.63, 3.8) is 0 Å².